The highest BCUT2D eigenvalue weighted by molar-refractivity contribution is 4.76. The second-order valence-corrected chi connectivity index (χ2v) is 4.83. The fourth-order valence-corrected chi connectivity index (χ4v) is 2.15. The van der Waals surface area contributed by atoms with E-state index in [-0.39, 0.29) is 6.61 Å². The Labute approximate surface area is 107 Å². The van der Waals surface area contributed by atoms with Crippen LogP contribution in [0.3, 0.4) is 0 Å². The minimum Gasteiger partial charge on any atom is -0.371 e. The Morgan fingerprint density at radius 3 is 2.83 bits per heavy atom. The van der Waals surface area contributed by atoms with E-state index in [1.807, 2.05) is 0 Å². The number of hydrogen-bond acceptors (Lipinski definition) is 3. The Kier molecular flexibility index (Phi) is 6.96. The summed E-state index contributed by atoms with van der Waals surface area (Å²) in [7, 11) is 0. The highest BCUT2D eigenvalue weighted by atomic mass is 19.4. The third-order valence-electron chi connectivity index (χ3n) is 3.05. The van der Waals surface area contributed by atoms with E-state index in [9.17, 15) is 13.2 Å². The van der Waals surface area contributed by atoms with Crippen LogP contribution in [0.1, 0.15) is 19.8 Å². The highest BCUT2D eigenvalue weighted by Crippen LogP contribution is 2.16. The van der Waals surface area contributed by atoms with Crippen LogP contribution < -0.4 is 5.32 Å². The molecule has 1 rings (SSSR count). The lowest BCUT2D eigenvalue weighted by Crippen LogP contribution is -2.29. The van der Waals surface area contributed by atoms with Crippen molar-refractivity contribution in [1.29, 1.82) is 0 Å². The maximum Gasteiger partial charge on any atom is 0.411 e. The minimum atomic E-state index is -4.21. The van der Waals surface area contributed by atoms with Crippen LogP contribution in [-0.4, -0.2) is 57.0 Å². The lowest BCUT2D eigenvalue weighted by molar-refractivity contribution is -0.174. The molecule has 0 spiro atoms. The number of ether oxygens (including phenoxy) is 1. The average Bonchev–Trinajstić information content (AvgIpc) is 2.72. The molecule has 1 N–H and O–H groups in total. The molecule has 0 aromatic rings. The van der Waals surface area contributed by atoms with Gasteiger partial charge >= 0.3 is 6.18 Å². The van der Waals surface area contributed by atoms with E-state index in [1.54, 1.807) is 0 Å². The molecule has 0 aromatic heterocycles. The molecule has 1 saturated heterocycles. The molecule has 3 nitrogen and oxygen atoms in total. The summed E-state index contributed by atoms with van der Waals surface area (Å²) in [6, 6.07) is 0. The monoisotopic (exact) mass is 268 g/mol. The molecule has 6 heteroatoms. The summed E-state index contributed by atoms with van der Waals surface area (Å²) in [6.07, 6.45) is -1.96. The quantitative estimate of drug-likeness (QED) is 0.680. The second-order valence-electron chi connectivity index (χ2n) is 4.83. The summed E-state index contributed by atoms with van der Waals surface area (Å²) < 4.78 is 40.1. The van der Waals surface area contributed by atoms with Crippen molar-refractivity contribution in [2.75, 3.05) is 45.9 Å². The number of hydrogen-bond donors (Lipinski definition) is 1. The average molecular weight is 268 g/mol. The Morgan fingerprint density at radius 1 is 1.39 bits per heavy atom. The molecule has 0 aromatic carbocycles. The Bertz CT molecular complexity index is 224. The lowest BCUT2D eigenvalue weighted by atomic mass is 10.1. The number of nitrogens with one attached hydrogen (secondary N) is 1. The van der Waals surface area contributed by atoms with E-state index in [4.69, 9.17) is 0 Å². The zero-order chi connectivity index (χ0) is 13.4. The van der Waals surface area contributed by atoms with E-state index in [0.29, 0.717) is 12.5 Å². The molecule has 1 atom stereocenters. The van der Waals surface area contributed by atoms with Gasteiger partial charge in [0, 0.05) is 13.1 Å². The Morgan fingerprint density at radius 2 is 2.17 bits per heavy atom. The normalized spacial score (nSPS) is 21.7. The molecule has 0 amide bonds. The van der Waals surface area contributed by atoms with Gasteiger partial charge in [0.1, 0.15) is 6.61 Å². The number of nitrogens with zero attached hydrogens (tertiary/aromatic N) is 1. The standard InChI is InChI=1S/C12H23F3N2O/c1-2-4-16-8-11-3-5-17(9-11)6-7-18-10-12(13,14)15/h11,16H,2-10H2,1H3. The van der Waals surface area contributed by atoms with Crippen LogP contribution in [0.4, 0.5) is 13.2 Å². The molecule has 1 heterocycles. The van der Waals surface area contributed by atoms with E-state index in [2.05, 4.69) is 21.9 Å². The van der Waals surface area contributed by atoms with E-state index < -0.39 is 12.8 Å². The molecular formula is C12H23F3N2O. The van der Waals surface area contributed by atoms with Crippen molar-refractivity contribution in [2.24, 2.45) is 5.92 Å². The molecule has 0 bridgehead atoms. The summed E-state index contributed by atoms with van der Waals surface area (Å²) in [5.74, 6) is 0.624. The molecule has 1 unspecified atom stereocenters. The maximum absolute atomic E-state index is 11.8. The van der Waals surface area contributed by atoms with Crippen molar-refractivity contribution in [1.82, 2.24) is 10.2 Å². The van der Waals surface area contributed by atoms with Gasteiger partial charge in [-0.15, -0.1) is 0 Å². The predicted octanol–water partition coefficient (Wildman–Crippen LogP) is 1.89. The fourth-order valence-electron chi connectivity index (χ4n) is 2.15. The molecule has 0 saturated carbocycles. The predicted molar refractivity (Wildman–Crippen MR) is 64.6 cm³/mol. The molecule has 108 valence electrons. The van der Waals surface area contributed by atoms with E-state index in [0.717, 1.165) is 39.0 Å². The maximum atomic E-state index is 11.8. The van der Waals surface area contributed by atoms with Crippen LogP contribution in [0.15, 0.2) is 0 Å². The van der Waals surface area contributed by atoms with Crippen molar-refractivity contribution in [3.63, 3.8) is 0 Å². The highest BCUT2D eigenvalue weighted by Gasteiger charge is 2.27. The first-order valence-electron chi connectivity index (χ1n) is 6.59. The SMILES string of the molecule is CCCNCC1CCN(CCOCC(F)(F)F)C1. The first-order chi connectivity index (χ1) is 8.51. The number of rotatable bonds is 8. The van der Waals surface area contributed by atoms with Crippen molar-refractivity contribution >= 4 is 0 Å². The van der Waals surface area contributed by atoms with Gasteiger partial charge in [-0.05, 0) is 38.4 Å². The van der Waals surface area contributed by atoms with Crippen LogP contribution in [0.5, 0.6) is 0 Å². The number of likely N-dealkylation sites (tertiary alicyclic amines) is 1. The first kappa shape index (κ1) is 15.7. The molecule has 1 aliphatic heterocycles. The van der Waals surface area contributed by atoms with Gasteiger partial charge in [0.2, 0.25) is 0 Å². The van der Waals surface area contributed by atoms with Crippen LogP contribution in [-0.2, 0) is 4.74 Å². The summed E-state index contributed by atoms with van der Waals surface area (Å²) >= 11 is 0. The topological polar surface area (TPSA) is 24.5 Å². The van der Waals surface area contributed by atoms with Gasteiger partial charge < -0.3 is 15.0 Å². The summed E-state index contributed by atoms with van der Waals surface area (Å²) in [6.45, 7) is 5.72. The van der Waals surface area contributed by atoms with Crippen molar-refractivity contribution in [2.45, 2.75) is 25.9 Å². The van der Waals surface area contributed by atoms with Crippen LogP contribution in [0.2, 0.25) is 0 Å². The summed E-state index contributed by atoms with van der Waals surface area (Å²) in [4.78, 5) is 2.18. The van der Waals surface area contributed by atoms with E-state index in [1.165, 1.54) is 0 Å². The zero-order valence-corrected chi connectivity index (χ0v) is 10.9. The molecule has 18 heavy (non-hydrogen) atoms. The fraction of sp³-hybridized carbons (Fsp3) is 1.00. The number of halogens is 3. The van der Waals surface area contributed by atoms with Gasteiger partial charge in [-0.3, -0.25) is 0 Å². The van der Waals surface area contributed by atoms with Gasteiger partial charge in [0.15, 0.2) is 0 Å². The molecule has 1 aliphatic rings. The van der Waals surface area contributed by atoms with Crippen molar-refractivity contribution < 1.29 is 17.9 Å². The van der Waals surface area contributed by atoms with Crippen molar-refractivity contribution in [3.05, 3.63) is 0 Å². The molecular weight excluding hydrogens is 245 g/mol. The zero-order valence-electron chi connectivity index (χ0n) is 10.9. The van der Waals surface area contributed by atoms with Crippen LogP contribution in [0.25, 0.3) is 0 Å². The van der Waals surface area contributed by atoms with Gasteiger partial charge in [-0.2, -0.15) is 13.2 Å². The largest absolute Gasteiger partial charge is 0.411 e. The first-order valence-corrected chi connectivity index (χ1v) is 6.59. The van der Waals surface area contributed by atoms with Crippen LogP contribution >= 0.6 is 0 Å². The van der Waals surface area contributed by atoms with Gasteiger partial charge in [-0.1, -0.05) is 6.92 Å². The third-order valence-corrected chi connectivity index (χ3v) is 3.05. The van der Waals surface area contributed by atoms with Crippen molar-refractivity contribution in [3.8, 4) is 0 Å². The van der Waals surface area contributed by atoms with Gasteiger partial charge in [0.05, 0.1) is 6.61 Å². The second kappa shape index (κ2) is 7.96. The Balaban J connectivity index is 2.01. The minimum absolute atomic E-state index is 0.161. The molecule has 1 fully saturated rings. The lowest BCUT2D eigenvalue weighted by Gasteiger charge is -2.16. The van der Waals surface area contributed by atoms with Gasteiger partial charge in [-0.25, -0.2) is 0 Å². The molecule has 0 radical (unpaired) electrons. The smallest absolute Gasteiger partial charge is 0.371 e. The third kappa shape index (κ3) is 7.18. The molecule has 0 aliphatic carbocycles. The van der Waals surface area contributed by atoms with Crippen LogP contribution in [0, 0.1) is 5.92 Å². The summed E-state index contributed by atoms with van der Waals surface area (Å²) in [5.41, 5.74) is 0. The van der Waals surface area contributed by atoms with Gasteiger partial charge in [0.25, 0.3) is 0 Å². The van der Waals surface area contributed by atoms with E-state index >= 15 is 0 Å². The Hall–Kier alpha value is -0.330. The number of alkyl halides is 3. The summed E-state index contributed by atoms with van der Waals surface area (Å²) in [5, 5.41) is 3.38.